The number of unbranched alkanes of at least 4 members (excludes halogenated alkanes) is 12. The molecule has 3 nitrogen and oxygen atoms in total. The summed E-state index contributed by atoms with van der Waals surface area (Å²) in [5.74, 6) is 0.339. The molecule has 1 rings (SSSR count). The molecule has 0 radical (unpaired) electrons. The van der Waals surface area contributed by atoms with Crippen LogP contribution in [0.5, 0.6) is 0 Å². The molecule has 0 saturated carbocycles. The zero-order chi connectivity index (χ0) is 22.8. The van der Waals surface area contributed by atoms with Gasteiger partial charge in [0.15, 0.2) is 0 Å². The van der Waals surface area contributed by atoms with Crippen molar-refractivity contribution in [3.63, 3.8) is 0 Å². The zero-order valence-electron chi connectivity index (χ0n) is 20.5. The number of aryl methyl sites for hydroxylation is 1. The van der Waals surface area contributed by atoms with Gasteiger partial charge >= 0.3 is 0 Å². The van der Waals surface area contributed by atoms with Gasteiger partial charge in [-0.2, -0.15) is 8.42 Å². The molecule has 0 N–H and O–H groups in total. The smallest absolute Gasteiger partial charge is 0.266 e. The van der Waals surface area contributed by atoms with Crippen molar-refractivity contribution in [3.05, 3.63) is 29.8 Å². The van der Waals surface area contributed by atoms with Gasteiger partial charge in [-0.3, -0.25) is 4.18 Å². The Kier molecular flexibility index (Phi) is 16.0. The summed E-state index contributed by atoms with van der Waals surface area (Å²) in [4.78, 5) is 0.267. The fourth-order valence-electron chi connectivity index (χ4n) is 4.05. The van der Waals surface area contributed by atoms with E-state index in [-0.39, 0.29) is 4.90 Å². The van der Waals surface area contributed by atoms with Crippen molar-refractivity contribution < 1.29 is 12.6 Å². The Morgan fingerprint density at radius 1 is 0.677 bits per heavy atom. The minimum absolute atomic E-state index is 0.267. The first-order valence-electron chi connectivity index (χ1n) is 13.0. The predicted molar refractivity (Wildman–Crippen MR) is 133 cm³/mol. The second kappa shape index (κ2) is 17.7. The van der Waals surface area contributed by atoms with Crippen LogP contribution in [0.25, 0.3) is 0 Å². The van der Waals surface area contributed by atoms with Crippen molar-refractivity contribution in [2.45, 2.75) is 128 Å². The minimum Gasteiger partial charge on any atom is -0.266 e. The third-order valence-electron chi connectivity index (χ3n) is 6.20. The average molecular weight is 453 g/mol. The second-order valence-electron chi connectivity index (χ2n) is 9.24. The van der Waals surface area contributed by atoms with Gasteiger partial charge in [-0.05, 0) is 37.8 Å². The quantitative estimate of drug-likeness (QED) is 0.147. The Morgan fingerprint density at radius 2 is 1.10 bits per heavy atom. The number of hydrogen-bond acceptors (Lipinski definition) is 3. The van der Waals surface area contributed by atoms with Crippen LogP contribution in [-0.2, 0) is 14.3 Å². The van der Waals surface area contributed by atoms with Crippen LogP contribution in [0.15, 0.2) is 29.2 Å². The third kappa shape index (κ3) is 14.0. The lowest BCUT2D eigenvalue weighted by Gasteiger charge is -2.17. The summed E-state index contributed by atoms with van der Waals surface area (Å²) in [5.41, 5.74) is 1.05. The maximum absolute atomic E-state index is 12.6. The summed E-state index contributed by atoms with van der Waals surface area (Å²) in [7, 11) is -3.66. The van der Waals surface area contributed by atoms with Crippen molar-refractivity contribution in [2.24, 2.45) is 5.92 Å². The molecule has 0 amide bonds. The Labute approximate surface area is 193 Å². The molecule has 0 heterocycles. The van der Waals surface area contributed by atoms with Crippen molar-refractivity contribution in [1.82, 2.24) is 0 Å². The number of rotatable bonds is 20. The molecular formula is C27H48O3S. The van der Waals surface area contributed by atoms with Gasteiger partial charge in [-0.25, -0.2) is 0 Å². The lowest BCUT2D eigenvalue weighted by molar-refractivity contribution is 0.229. The molecule has 0 aromatic heterocycles. The van der Waals surface area contributed by atoms with Crippen LogP contribution < -0.4 is 0 Å². The highest BCUT2D eigenvalue weighted by atomic mass is 32.2. The molecule has 0 aliphatic heterocycles. The zero-order valence-corrected chi connectivity index (χ0v) is 21.4. The van der Waals surface area contributed by atoms with Crippen LogP contribution in [0.2, 0.25) is 0 Å². The average Bonchev–Trinajstić information content (AvgIpc) is 2.76. The SMILES string of the molecule is CCCCCCCCCCC(CCCCCCCC)COS(=O)(=O)c1ccc(C)cc1. The van der Waals surface area contributed by atoms with Gasteiger partial charge in [0.2, 0.25) is 0 Å². The molecule has 1 aromatic carbocycles. The standard InChI is InChI=1S/C27H48O3S/c1-4-6-8-10-12-13-15-17-19-26(18-16-14-11-9-7-5-2)24-30-31(28,29)27-22-20-25(3)21-23-27/h20-23,26H,4-19,24H2,1-3H3. The largest absolute Gasteiger partial charge is 0.296 e. The summed E-state index contributed by atoms with van der Waals surface area (Å²) < 4.78 is 30.7. The van der Waals surface area contributed by atoms with Crippen LogP contribution in [-0.4, -0.2) is 15.0 Å². The van der Waals surface area contributed by atoms with Crippen molar-refractivity contribution in [1.29, 1.82) is 0 Å². The van der Waals surface area contributed by atoms with Crippen LogP contribution in [0, 0.1) is 12.8 Å². The molecule has 1 aromatic rings. The van der Waals surface area contributed by atoms with Gasteiger partial charge in [0.1, 0.15) is 0 Å². The Hall–Kier alpha value is -0.870. The van der Waals surface area contributed by atoms with E-state index in [0.29, 0.717) is 12.5 Å². The first-order chi connectivity index (χ1) is 15.0. The van der Waals surface area contributed by atoms with Crippen molar-refractivity contribution >= 4 is 10.1 Å². The maximum Gasteiger partial charge on any atom is 0.296 e. The molecule has 1 atom stereocenters. The van der Waals surface area contributed by atoms with Gasteiger partial charge in [0.05, 0.1) is 11.5 Å². The number of hydrogen-bond donors (Lipinski definition) is 0. The van der Waals surface area contributed by atoms with E-state index in [2.05, 4.69) is 13.8 Å². The summed E-state index contributed by atoms with van der Waals surface area (Å²) in [6.07, 6.45) is 20.2. The van der Waals surface area contributed by atoms with Crippen LogP contribution >= 0.6 is 0 Å². The molecule has 0 fully saturated rings. The van der Waals surface area contributed by atoms with E-state index in [9.17, 15) is 8.42 Å². The van der Waals surface area contributed by atoms with E-state index in [1.165, 1.54) is 89.9 Å². The normalized spacial score (nSPS) is 12.9. The van der Waals surface area contributed by atoms with Crippen molar-refractivity contribution in [3.8, 4) is 0 Å². The summed E-state index contributed by atoms with van der Waals surface area (Å²) in [6, 6.07) is 6.94. The van der Waals surface area contributed by atoms with E-state index in [1.54, 1.807) is 12.1 Å². The van der Waals surface area contributed by atoms with Crippen LogP contribution in [0.3, 0.4) is 0 Å². The molecule has 4 heteroatoms. The van der Waals surface area contributed by atoms with E-state index in [4.69, 9.17) is 4.18 Å². The van der Waals surface area contributed by atoms with E-state index >= 15 is 0 Å². The first kappa shape index (κ1) is 28.2. The van der Waals surface area contributed by atoms with E-state index in [0.717, 1.165) is 18.4 Å². The van der Waals surface area contributed by atoms with Gasteiger partial charge in [-0.15, -0.1) is 0 Å². The molecular weight excluding hydrogens is 404 g/mol. The van der Waals surface area contributed by atoms with Crippen molar-refractivity contribution in [2.75, 3.05) is 6.61 Å². The molecule has 0 aliphatic rings. The third-order valence-corrected chi connectivity index (χ3v) is 7.50. The molecule has 0 bridgehead atoms. The highest BCUT2D eigenvalue weighted by Gasteiger charge is 2.18. The fraction of sp³-hybridized carbons (Fsp3) is 0.778. The Morgan fingerprint density at radius 3 is 1.55 bits per heavy atom. The monoisotopic (exact) mass is 452 g/mol. The molecule has 0 aliphatic carbocycles. The summed E-state index contributed by atoms with van der Waals surface area (Å²) >= 11 is 0. The number of benzene rings is 1. The first-order valence-corrected chi connectivity index (χ1v) is 14.4. The van der Waals surface area contributed by atoms with E-state index in [1.807, 2.05) is 19.1 Å². The highest BCUT2D eigenvalue weighted by Crippen LogP contribution is 2.22. The maximum atomic E-state index is 12.6. The molecule has 0 spiro atoms. The van der Waals surface area contributed by atoms with Gasteiger partial charge in [0.25, 0.3) is 10.1 Å². The lowest BCUT2D eigenvalue weighted by Crippen LogP contribution is -2.15. The molecule has 31 heavy (non-hydrogen) atoms. The van der Waals surface area contributed by atoms with Crippen LogP contribution in [0.1, 0.15) is 122 Å². The van der Waals surface area contributed by atoms with Crippen LogP contribution in [0.4, 0.5) is 0 Å². The van der Waals surface area contributed by atoms with Gasteiger partial charge in [0, 0.05) is 0 Å². The minimum atomic E-state index is -3.66. The molecule has 1 unspecified atom stereocenters. The second-order valence-corrected chi connectivity index (χ2v) is 10.9. The summed E-state index contributed by atoms with van der Waals surface area (Å²) in [5, 5.41) is 0. The van der Waals surface area contributed by atoms with E-state index < -0.39 is 10.1 Å². The molecule has 0 saturated heterocycles. The highest BCUT2D eigenvalue weighted by molar-refractivity contribution is 7.86. The molecule has 180 valence electrons. The predicted octanol–water partition coefficient (Wildman–Crippen LogP) is 8.60. The Bertz CT molecular complexity index is 637. The Balaban J connectivity index is 2.42. The summed E-state index contributed by atoms with van der Waals surface area (Å²) in [6.45, 7) is 6.77. The van der Waals surface area contributed by atoms with Gasteiger partial charge in [-0.1, -0.05) is 121 Å². The lowest BCUT2D eigenvalue weighted by atomic mass is 9.95. The van der Waals surface area contributed by atoms with Gasteiger partial charge < -0.3 is 0 Å². The fourth-order valence-corrected chi connectivity index (χ4v) is 5.03. The topological polar surface area (TPSA) is 43.4 Å².